The van der Waals surface area contributed by atoms with Gasteiger partial charge >= 0.3 is 65.6 Å². The van der Waals surface area contributed by atoms with Gasteiger partial charge < -0.3 is 5.11 Å². The molecule has 0 aromatic carbocycles. The molecule has 0 amide bonds. The van der Waals surface area contributed by atoms with Gasteiger partial charge in [0.1, 0.15) is 0 Å². The van der Waals surface area contributed by atoms with E-state index in [1.54, 1.807) is 0 Å². The van der Waals surface area contributed by atoms with E-state index in [0.29, 0.717) is 6.42 Å². The molecule has 0 aliphatic carbocycles. The Morgan fingerprint density at radius 1 is 0.933 bits per heavy atom. The first-order chi connectivity index (χ1) is 7.01. The predicted molar refractivity (Wildman–Crippen MR) is 73.0 cm³/mol. The van der Waals surface area contributed by atoms with Crippen LogP contribution in [0, 0.1) is 0 Å². The minimum absolute atomic E-state index is 0.292. The van der Waals surface area contributed by atoms with Crippen molar-refractivity contribution in [3.05, 3.63) is 0 Å². The zero-order valence-corrected chi connectivity index (χ0v) is 12.1. The van der Waals surface area contributed by atoms with Gasteiger partial charge in [0.25, 0.3) is 0 Å². The molecule has 0 saturated carbocycles. The van der Waals surface area contributed by atoms with Gasteiger partial charge in [-0.3, -0.25) is 4.79 Å². The van der Waals surface area contributed by atoms with Gasteiger partial charge in [-0.05, 0) is 6.42 Å². The van der Waals surface area contributed by atoms with Gasteiger partial charge in [0, 0.05) is 6.42 Å². The Balaban J connectivity index is 0. The van der Waals surface area contributed by atoms with Crippen LogP contribution in [0.15, 0.2) is 0 Å². The first kappa shape index (κ1) is 17.3. The summed E-state index contributed by atoms with van der Waals surface area (Å²) in [6.45, 7) is 11.3. The molecular weight excluding hydrogens is 207 g/mol. The third-order valence-electron chi connectivity index (χ3n) is 3.46. The Bertz CT molecular complexity index is 136. The van der Waals surface area contributed by atoms with E-state index in [1.807, 2.05) is 6.92 Å². The number of hydrogen-bond donors (Lipinski definition) is 1. The van der Waals surface area contributed by atoms with E-state index in [-0.39, 0.29) is 0 Å². The fourth-order valence-corrected chi connectivity index (χ4v) is 4.71. The van der Waals surface area contributed by atoms with Gasteiger partial charge in [-0.2, -0.15) is 0 Å². The van der Waals surface area contributed by atoms with E-state index < -0.39 is 13.2 Å². The van der Waals surface area contributed by atoms with Crippen molar-refractivity contribution in [2.45, 2.75) is 47.5 Å². The molecule has 0 aromatic rings. The normalized spacial score (nSPS) is 11.5. The van der Waals surface area contributed by atoms with Crippen molar-refractivity contribution in [2.24, 2.45) is 0 Å². The Kier molecular flexibility index (Phi) is 12.0. The topological polar surface area (TPSA) is 37.3 Å². The molecule has 0 radical (unpaired) electrons. The molecule has 2 nitrogen and oxygen atoms in total. The molecule has 0 rings (SSSR count). The summed E-state index contributed by atoms with van der Waals surface area (Å²) in [5.74, 6) is -0.711. The van der Waals surface area contributed by atoms with E-state index in [1.165, 1.54) is 24.6 Å². The number of carboxylic acid groups (broad SMARTS) is 1. The SMILES string of the molecule is CCCC(=O)O.CC[PH](CC)(CC)CC. The van der Waals surface area contributed by atoms with E-state index in [9.17, 15) is 4.79 Å². The maximum atomic E-state index is 9.60. The monoisotopic (exact) mass is 236 g/mol. The molecule has 0 spiro atoms. The molecule has 0 heterocycles. The molecule has 0 bridgehead atoms. The second-order valence-corrected chi connectivity index (χ2v) is 9.89. The zero-order chi connectivity index (χ0) is 12.3. The minimum atomic E-state index is -0.711. The number of hydrogen-bond acceptors (Lipinski definition) is 1. The molecule has 3 heteroatoms. The maximum absolute atomic E-state index is 9.60. The molecule has 0 aliphatic rings. The molecule has 94 valence electrons. The van der Waals surface area contributed by atoms with E-state index in [0.717, 1.165) is 6.42 Å². The first-order valence-electron chi connectivity index (χ1n) is 6.23. The summed E-state index contributed by atoms with van der Waals surface area (Å²) in [5.41, 5.74) is 0. The van der Waals surface area contributed by atoms with E-state index in [2.05, 4.69) is 27.7 Å². The average molecular weight is 236 g/mol. The second-order valence-electron chi connectivity index (χ2n) is 4.06. The summed E-state index contributed by atoms with van der Waals surface area (Å²) in [6, 6.07) is 0. The quantitative estimate of drug-likeness (QED) is 0.714. The number of carbonyl (C=O) groups is 1. The molecule has 0 fully saturated rings. The molecule has 15 heavy (non-hydrogen) atoms. The van der Waals surface area contributed by atoms with E-state index >= 15 is 0 Å². The van der Waals surface area contributed by atoms with Crippen LogP contribution in [0.3, 0.4) is 0 Å². The Morgan fingerprint density at radius 3 is 1.27 bits per heavy atom. The van der Waals surface area contributed by atoms with Gasteiger partial charge in [0.15, 0.2) is 0 Å². The van der Waals surface area contributed by atoms with Crippen molar-refractivity contribution in [1.29, 1.82) is 0 Å². The predicted octanol–water partition coefficient (Wildman–Crippen LogP) is 3.69. The van der Waals surface area contributed by atoms with Crippen LogP contribution in [-0.4, -0.2) is 35.7 Å². The van der Waals surface area contributed by atoms with Crippen molar-refractivity contribution >= 4 is 13.2 Å². The summed E-state index contributed by atoms with van der Waals surface area (Å²) in [4.78, 5) is 9.60. The summed E-state index contributed by atoms with van der Waals surface area (Å²) in [7, 11) is -0.691. The molecule has 0 aromatic heterocycles. The molecular formula is C12H29O2P. The number of aliphatic carboxylic acids is 1. The van der Waals surface area contributed by atoms with E-state index in [4.69, 9.17) is 5.11 Å². The van der Waals surface area contributed by atoms with Crippen LogP contribution < -0.4 is 0 Å². The standard InChI is InChI=1S/C8H21P.C4H8O2/c1-5-9(6-2,7-3)8-4;1-2-3-4(5)6/h9H,5-8H2,1-4H3;2-3H2,1H3,(H,5,6). The van der Waals surface area contributed by atoms with Crippen LogP contribution in [0.2, 0.25) is 0 Å². The Morgan fingerprint density at radius 2 is 1.27 bits per heavy atom. The van der Waals surface area contributed by atoms with Gasteiger partial charge in [-0.25, -0.2) is 0 Å². The van der Waals surface area contributed by atoms with Crippen LogP contribution >= 0.6 is 7.26 Å². The summed E-state index contributed by atoms with van der Waals surface area (Å²) in [5, 5.41) is 7.91. The fraction of sp³-hybridized carbons (Fsp3) is 0.917. The average Bonchev–Trinajstić information content (AvgIpc) is 2.23. The van der Waals surface area contributed by atoms with Gasteiger partial charge in [0.05, 0.1) is 0 Å². The molecule has 1 N–H and O–H groups in total. The summed E-state index contributed by atoms with van der Waals surface area (Å²) in [6.07, 6.45) is 6.95. The van der Waals surface area contributed by atoms with Crippen molar-refractivity contribution in [3.8, 4) is 0 Å². The summed E-state index contributed by atoms with van der Waals surface area (Å²) >= 11 is 0. The molecule has 0 atom stereocenters. The summed E-state index contributed by atoms with van der Waals surface area (Å²) < 4.78 is 0. The molecule has 0 aliphatic heterocycles. The Hall–Kier alpha value is -0.100. The van der Waals surface area contributed by atoms with Crippen molar-refractivity contribution in [1.82, 2.24) is 0 Å². The Labute approximate surface area is 95.8 Å². The van der Waals surface area contributed by atoms with Crippen LogP contribution in [-0.2, 0) is 4.79 Å². The van der Waals surface area contributed by atoms with Gasteiger partial charge in [-0.1, -0.05) is 6.92 Å². The number of rotatable bonds is 6. The zero-order valence-electron chi connectivity index (χ0n) is 11.1. The van der Waals surface area contributed by atoms with Crippen LogP contribution in [0.5, 0.6) is 0 Å². The van der Waals surface area contributed by atoms with Crippen LogP contribution in [0.4, 0.5) is 0 Å². The van der Waals surface area contributed by atoms with Crippen molar-refractivity contribution < 1.29 is 9.90 Å². The molecule has 0 unspecified atom stereocenters. The van der Waals surface area contributed by atoms with Crippen molar-refractivity contribution in [2.75, 3.05) is 24.6 Å². The third kappa shape index (κ3) is 8.87. The van der Waals surface area contributed by atoms with Gasteiger partial charge in [0.2, 0.25) is 0 Å². The fourth-order valence-electron chi connectivity index (χ4n) is 1.71. The first-order valence-corrected chi connectivity index (χ1v) is 9.06. The van der Waals surface area contributed by atoms with Gasteiger partial charge in [-0.15, -0.1) is 0 Å². The number of carboxylic acids is 1. The third-order valence-corrected chi connectivity index (χ3v) is 9.46. The van der Waals surface area contributed by atoms with Crippen molar-refractivity contribution in [3.63, 3.8) is 0 Å². The second kappa shape index (κ2) is 10.4. The van der Waals surface area contributed by atoms with Crippen LogP contribution in [0.1, 0.15) is 47.5 Å². The molecule has 0 saturated heterocycles. The van der Waals surface area contributed by atoms with Crippen LogP contribution in [0.25, 0.3) is 0 Å².